The maximum Gasteiger partial charge on any atom is 0.338 e. The fourth-order valence-electron chi connectivity index (χ4n) is 3.61. The fourth-order valence-corrected chi connectivity index (χ4v) is 5.17. The number of ether oxygens (including phenoxy) is 1. The van der Waals surface area contributed by atoms with Crippen molar-refractivity contribution in [3.8, 4) is 0 Å². The van der Waals surface area contributed by atoms with Gasteiger partial charge < -0.3 is 10.1 Å². The predicted octanol–water partition coefficient (Wildman–Crippen LogP) is 3.35. The summed E-state index contributed by atoms with van der Waals surface area (Å²) >= 11 is 0. The number of nitrogens with zero attached hydrogens (tertiary/aromatic N) is 1. The molecule has 0 aliphatic carbocycles. The van der Waals surface area contributed by atoms with Gasteiger partial charge in [-0.25, -0.2) is 17.5 Å². The van der Waals surface area contributed by atoms with Crippen LogP contribution in [0.1, 0.15) is 41.3 Å². The number of hydrogen-bond acceptors (Lipinski definition) is 5. The van der Waals surface area contributed by atoms with Crippen molar-refractivity contribution in [2.75, 3.05) is 25.0 Å². The van der Waals surface area contributed by atoms with Gasteiger partial charge in [0.25, 0.3) is 0 Å². The Kier molecular flexibility index (Phi) is 7.46. The van der Waals surface area contributed by atoms with Crippen molar-refractivity contribution in [3.05, 3.63) is 65.2 Å². The standard InChI is InChI=1S/C23H28N2O5S/c1-3-30-23(27)20-10-9-17(2)21(15-20)24-22(26)19-11-13-25(14-12-19)31(28,29)16-18-7-5-4-6-8-18/h4-10,15,19H,3,11-14,16H2,1-2H3,(H,24,26). The molecule has 0 bridgehead atoms. The molecule has 1 heterocycles. The number of sulfonamides is 1. The molecule has 1 saturated heterocycles. The van der Waals surface area contributed by atoms with Crippen molar-refractivity contribution in [2.45, 2.75) is 32.4 Å². The Labute approximate surface area is 183 Å². The third-order valence-corrected chi connectivity index (χ3v) is 7.27. The van der Waals surface area contributed by atoms with Gasteiger partial charge in [0.1, 0.15) is 0 Å². The maximum atomic E-state index is 12.8. The van der Waals surface area contributed by atoms with Crippen LogP contribution in [0.15, 0.2) is 48.5 Å². The summed E-state index contributed by atoms with van der Waals surface area (Å²) in [5.74, 6) is -0.919. The molecule has 31 heavy (non-hydrogen) atoms. The van der Waals surface area contributed by atoms with E-state index < -0.39 is 16.0 Å². The number of rotatable bonds is 7. The summed E-state index contributed by atoms with van der Waals surface area (Å²) in [5, 5.41) is 2.90. The molecular formula is C23H28N2O5S. The second kappa shape index (κ2) is 10.1. The van der Waals surface area contributed by atoms with Gasteiger partial charge in [-0.15, -0.1) is 0 Å². The van der Waals surface area contributed by atoms with E-state index in [2.05, 4.69) is 5.32 Å². The quantitative estimate of drug-likeness (QED) is 0.661. The topological polar surface area (TPSA) is 92.8 Å². The second-order valence-corrected chi connectivity index (χ2v) is 9.62. The molecule has 1 fully saturated rings. The van der Waals surface area contributed by atoms with Crippen LogP contribution in [0.25, 0.3) is 0 Å². The van der Waals surface area contributed by atoms with Gasteiger partial charge in [0.05, 0.1) is 17.9 Å². The fraction of sp³-hybridized carbons (Fsp3) is 0.391. The minimum atomic E-state index is -3.42. The van der Waals surface area contributed by atoms with Crippen LogP contribution >= 0.6 is 0 Å². The molecule has 1 N–H and O–H groups in total. The molecule has 1 aliphatic heterocycles. The lowest BCUT2D eigenvalue weighted by Crippen LogP contribution is -2.41. The summed E-state index contributed by atoms with van der Waals surface area (Å²) in [6, 6.07) is 14.1. The van der Waals surface area contributed by atoms with Gasteiger partial charge in [0.2, 0.25) is 15.9 Å². The minimum absolute atomic E-state index is 0.0372. The van der Waals surface area contributed by atoms with Gasteiger partial charge in [-0.3, -0.25) is 4.79 Å². The average Bonchev–Trinajstić information content (AvgIpc) is 2.76. The van der Waals surface area contributed by atoms with Crippen LogP contribution in [-0.4, -0.2) is 44.3 Å². The first-order valence-corrected chi connectivity index (χ1v) is 12.0. The van der Waals surface area contributed by atoms with E-state index in [-0.39, 0.29) is 24.2 Å². The van der Waals surface area contributed by atoms with Crippen LogP contribution in [0.3, 0.4) is 0 Å². The van der Waals surface area contributed by atoms with Crippen molar-refractivity contribution in [3.63, 3.8) is 0 Å². The molecule has 2 aromatic rings. The number of carbonyl (C=O) groups is 2. The van der Waals surface area contributed by atoms with Gasteiger partial charge in [0.15, 0.2) is 0 Å². The lowest BCUT2D eigenvalue weighted by Gasteiger charge is -2.30. The third-order valence-electron chi connectivity index (χ3n) is 5.42. The van der Waals surface area contributed by atoms with Crippen LogP contribution in [0.2, 0.25) is 0 Å². The summed E-state index contributed by atoms with van der Waals surface area (Å²) < 4.78 is 31.9. The first kappa shape index (κ1) is 23.0. The molecule has 166 valence electrons. The van der Waals surface area contributed by atoms with Crippen molar-refractivity contribution in [2.24, 2.45) is 5.92 Å². The van der Waals surface area contributed by atoms with E-state index in [1.807, 2.05) is 25.1 Å². The normalized spacial score (nSPS) is 15.4. The molecule has 0 radical (unpaired) electrons. The van der Waals surface area contributed by atoms with Gasteiger partial charge in [-0.05, 0) is 49.9 Å². The maximum absolute atomic E-state index is 12.8. The second-order valence-electron chi connectivity index (χ2n) is 7.65. The Morgan fingerprint density at radius 3 is 2.42 bits per heavy atom. The minimum Gasteiger partial charge on any atom is -0.462 e. The van der Waals surface area contributed by atoms with Gasteiger partial charge in [-0.2, -0.15) is 0 Å². The average molecular weight is 445 g/mol. The molecule has 2 aromatic carbocycles. The Bertz CT molecular complexity index is 1030. The van der Waals surface area contributed by atoms with Crippen molar-refractivity contribution in [1.29, 1.82) is 0 Å². The zero-order valence-electron chi connectivity index (χ0n) is 17.8. The van der Waals surface area contributed by atoms with E-state index in [4.69, 9.17) is 4.74 Å². The highest BCUT2D eigenvalue weighted by Gasteiger charge is 2.31. The lowest BCUT2D eigenvalue weighted by atomic mass is 9.97. The Hall–Kier alpha value is -2.71. The molecule has 7 nitrogen and oxygen atoms in total. The zero-order valence-corrected chi connectivity index (χ0v) is 18.7. The molecule has 0 atom stereocenters. The van der Waals surface area contributed by atoms with Gasteiger partial charge in [-0.1, -0.05) is 36.4 Å². The number of amides is 1. The molecule has 8 heteroatoms. The Morgan fingerprint density at radius 1 is 1.10 bits per heavy atom. The molecule has 1 aliphatic rings. The summed E-state index contributed by atoms with van der Waals surface area (Å²) in [6.07, 6.45) is 0.910. The number of benzene rings is 2. The first-order valence-electron chi connectivity index (χ1n) is 10.4. The number of hydrogen-bond donors (Lipinski definition) is 1. The van der Waals surface area contributed by atoms with Crippen molar-refractivity contribution >= 4 is 27.6 Å². The van der Waals surface area contributed by atoms with Crippen LogP contribution in [0.4, 0.5) is 5.69 Å². The van der Waals surface area contributed by atoms with E-state index in [9.17, 15) is 18.0 Å². The van der Waals surface area contributed by atoms with Crippen LogP contribution in [0.5, 0.6) is 0 Å². The van der Waals surface area contributed by atoms with E-state index in [0.717, 1.165) is 11.1 Å². The number of anilines is 1. The summed E-state index contributed by atoms with van der Waals surface area (Å²) in [7, 11) is -3.42. The number of aryl methyl sites for hydroxylation is 1. The van der Waals surface area contributed by atoms with E-state index in [1.54, 1.807) is 37.3 Å². The smallest absolute Gasteiger partial charge is 0.338 e. The van der Waals surface area contributed by atoms with Crippen molar-refractivity contribution < 1.29 is 22.7 Å². The summed E-state index contributed by atoms with van der Waals surface area (Å²) in [6.45, 7) is 4.49. The number of nitrogens with one attached hydrogen (secondary N) is 1. The molecule has 0 aromatic heterocycles. The summed E-state index contributed by atoms with van der Waals surface area (Å²) in [5.41, 5.74) is 2.53. The van der Waals surface area contributed by atoms with Gasteiger partial charge in [0, 0.05) is 24.7 Å². The molecule has 1 amide bonds. The molecular weight excluding hydrogens is 416 g/mol. The largest absolute Gasteiger partial charge is 0.462 e. The Balaban J connectivity index is 1.59. The SMILES string of the molecule is CCOC(=O)c1ccc(C)c(NC(=O)C2CCN(S(=O)(=O)Cc3ccccc3)CC2)c1. The highest BCUT2D eigenvalue weighted by atomic mass is 32.2. The Morgan fingerprint density at radius 2 is 1.77 bits per heavy atom. The van der Waals surface area contributed by atoms with Crippen molar-refractivity contribution in [1.82, 2.24) is 4.31 Å². The molecule has 0 saturated carbocycles. The van der Waals surface area contributed by atoms with E-state index >= 15 is 0 Å². The third kappa shape index (κ3) is 5.92. The van der Waals surface area contributed by atoms with Crippen LogP contribution < -0.4 is 5.32 Å². The van der Waals surface area contributed by atoms with E-state index in [1.165, 1.54) is 4.31 Å². The molecule has 0 spiro atoms. The number of piperidine rings is 1. The zero-order chi connectivity index (χ0) is 22.4. The first-order chi connectivity index (χ1) is 14.8. The number of esters is 1. The summed E-state index contributed by atoms with van der Waals surface area (Å²) in [4.78, 5) is 24.7. The highest BCUT2D eigenvalue weighted by Crippen LogP contribution is 2.24. The van der Waals surface area contributed by atoms with E-state index in [0.29, 0.717) is 37.2 Å². The molecule has 0 unspecified atom stereocenters. The van der Waals surface area contributed by atoms with Gasteiger partial charge >= 0.3 is 5.97 Å². The highest BCUT2D eigenvalue weighted by molar-refractivity contribution is 7.88. The van der Waals surface area contributed by atoms with Crippen LogP contribution in [0, 0.1) is 12.8 Å². The number of carbonyl (C=O) groups excluding carboxylic acids is 2. The monoisotopic (exact) mass is 444 g/mol. The van der Waals surface area contributed by atoms with Crippen LogP contribution in [-0.2, 0) is 25.3 Å². The molecule has 3 rings (SSSR count). The predicted molar refractivity (Wildman–Crippen MR) is 119 cm³/mol. The lowest BCUT2D eigenvalue weighted by molar-refractivity contribution is -0.120.